The summed E-state index contributed by atoms with van der Waals surface area (Å²) in [6.45, 7) is 3.31. The third-order valence-corrected chi connectivity index (χ3v) is 1.10. The lowest BCUT2D eigenvalue weighted by Crippen LogP contribution is -2.14. The molecule has 58 valence electrons. The van der Waals surface area contributed by atoms with E-state index in [2.05, 4.69) is 16.8 Å². The number of aromatic nitrogens is 1. The van der Waals surface area contributed by atoms with E-state index in [0.29, 0.717) is 0 Å². The zero-order valence-electron chi connectivity index (χ0n) is 6.68. The van der Waals surface area contributed by atoms with Gasteiger partial charge in [0.15, 0.2) is 0 Å². The predicted molar refractivity (Wildman–Crippen MR) is 44.0 cm³/mol. The summed E-state index contributed by atoms with van der Waals surface area (Å²) in [6, 6.07) is 3.73. The van der Waals surface area contributed by atoms with Crippen LogP contribution in [-0.4, -0.2) is 15.7 Å². The third-order valence-electron chi connectivity index (χ3n) is 1.10. The molecule has 1 rings (SSSR count). The monoisotopic (exact) mass is 149 g/mol. The van der Waals surface area contributed by atoms with Crippen LogP contribution >= 0.6 is 0 Å². The molecule has 2 nitrogen and oxygen atoms in total. The Bertz CT molecular complexity index is 269. The molecule has 0 aliphatic carbocycles. The van der Waals surface area contributed by atoms with Crippen molar-refractivity contribution in [3.63, 3.8) is 0 Å². The topological polar surface area (TPSA) is 36.0 Å². The fraction of sp³-hybridized carbons (Fsp3) is 0.333. The van der Waals surface area contributed by atoms with E-state index < -0.39 is 5.60 Å². The molecule has 0 aliphatic heterocycles. The van der Waals surface area contributed by atoms with Crippen molar-refractivity contribution in [3.8, 4) is 11.8 Å². The molecule has 0 radical (unpaired) electrons. The maximum absolute atomic E-state index is 9.23. The second-order valence-electron chi connectivity index (χ2n) is 2.89. The SMILES string of the molecule is CC(C)(O)C#Cc1ccc[nH]1. The van der Waals surface area contributed by atoms with Crippen molar-refractivity contribution >= 4 is 0 Å². The average Bonchev–Trinajstić information content (AvgIpc) is 2.32. The lowest BCUT2D eigenvalue weighted by molar-refractivity contribution is 0.143. The second kappa shape index (κ2) is 2.81. The summed E-state index contributed by atoms with van der Waals surface area (Å²) < 4.78 is 0. The molecule has 1 heterocycles. The van der Waals surface area contributed by atoms with Crippen LogP contribution in [0.5, 0.6) is 0 Å². The molecule has 0 bridgehead atoms. The molecule has 0 atom stereocenters. The first-order chi connectivity index (χ1) is 5.08. The van der Waals surface area contributed by atoms with Gasteiger partial charge in [0.1, 0.15) is 5.60 Å². The Hall–Kier alpha value is -1.20. The maximum atomic E-state index is 9.23. The summed E-state index contributed by atoms with van der Waals surface area (Å²) in [7, 11) is 0. The van der Waals surface area contributed by atoms with E-state index in [1.807, 2.05) is 12.1 Å². The lowest BCUT2D eigenvalue weighted by atomic mass is 10.1. The molecule has 11 heavy (non-hydrogen) atoms. The van der Waals surface area contributed by atoms with Gasteiger partial charge in [-0.25, -0.2) is 0 Å². The van der Waals surface area contributed by atoms with Gasteiger partial charge in [0.2, 0.25) is 0 Å². The van der Waals surface area contributed by atoms with Crippen molar-refractivity contribution in [1.29, 1.82) is 0 Å². The number of hydrogen-bond acceptors (Lipinski definition) is 1. The van der Waals surface area contributed by atoms with Gasteiger partial charge in [0.25, 0.3) is 0 Å². The zero-order chi connectivity index (χ0) is 8.32. The van der Waals surface area contributed by atoms with Crippen molar-refractivity contribution in [3.05, 3.63) is 24.0 Å². The molecule has 2 heteroatoms. The van der Waals surface area contributed by atoms with Crippen LogP contribution in [0.15, 0.2) is 18.3 Å². The van der Waals surface area contributed by atoms with E-state index in [0.717, 1.165) is 5.69 Å². The predicted octanol–water partition coefficient (Wildman–Crippen LogP) is 1.14. The summed E-state index contributed by atoms with van der Waals surface area (Å²) in [4.78, 5) is 2.92. The summed E-state index contributed by atoms with van der Waals surface area (Å²) >= 11 is 0. The highest BCUT2D eigenvalue weighted by Crippen LogP contribution is 1.98. The Morgan fingerprint density at radius 3 is 2.73 bits per heavy atom. The van der Waals surface area contributed by atoms with E-state index in [1.54, 1.807) is 20.0 Å². The minimum absolute atomic E-state index is 0.826. The summed E-state index contributed by atoms with van der Waals surface area (Å²) in [6.07, 6.45) is 1.80. The largest absolute Gasteiger partial charge is 0.378 e. The number of aliphatic hydroxyl groups is 1. The van der Waals surface area contributed by atoms with Crippen molar-refractivity contribution in [2.24, 2.45) is 0 Å². The average molecular weight is 149 g/mol. The molecular formula is C9H11NO. The van der Waals surface area contributed by atoms with Crippen LogP contribution in [0.3, 0.4) is 0 Å². The van der Waals surface area contributed by atoms with Crippen molar-refractivity contribution < 1.29 is 5.11 Å². The molecule has 0 fully saturated rings. The standard InChI is InChI=1S/C9H11NO/c1-9(2,11)6-5-8-4-3-7-10-8/h3-4,7,10-11H,1-2H3. The first kappa shape index (κ1) is 7.90. The van der Waals surface area contributed by atoms with Gasteiger partial charge in [-0.1, -0.05) is 5.92 Å². The summed E-state index contributed by atoms with van der Waals surface area (Å²) in [5.74, 6) is 5.51. The van der Waals surface area contributed by atoms with Gasteiger partial charge >= 0.3 is 0 Å². The van der Waals surface area contributed by atoms with Crippen LogP contribution in [0.4, 0.5) is 0 Å². The van der Waals surface area contributed by atoms with Gasteiger partial charge in [-0.3, -0.25) is 0 Å². The Labute approximate surface area is 66.3 Å². The number of hydrogen-bond donors (Lipinski definition) is 2. The van der Waals surface area contributed by atoms with Crippen molar-refractivity contribution in [1.82, 2.24) is 4.98 Å². The smallest absolute Gasteiger partial charge is 0.120 e. The van der Waals surface area contributed by atoms with Gasteiger partial charge in [0, 0.05) is 6.20 Å². The van der Waals surface area contributed by atoms with Crippen LogP contribution in [0.2, 0.25) is 0 Å². The van der Waals surface area contributed by atoms with Gasteiger partial charge < -0.3 is 10.1 Å². The van der Waals surface area contributed by atoms with Crippen molar-refractivity contribution in [2.75, 3.05) is 0 Å². The van der Waals surface area contributed by atoms with Crippen LogP contribution in [-0.2, 0) is 0 Å². The zero-order valence-corrected chi connectivity index (χ0v) is 6.68. The molecule has 1 aromatic rings. The first-order valence-corrected chi connectivity index (χ1v) is 3.47. The Balaban J connectivity index is 2.74. The van der Waals surface area contributed by atoms with E-state index >= 15 is 0 Å². The van der Waals surface area contributed by atoms with Gasteiger partial charge in [-0.05, 0) is 31.9 Å². The Morgan fingerprint density at radius 2 is 2.27 bits per heavy atom. The van der Waals surface area contributed by atoms with E-state index in [1.165, 1.54) is 0 Å². The number of rotatable bonds is 0. The summed E-state index contributed by atoms with van der Waals surface area (Å²) in [5.41, 5.74) is -0.0856. The molecule has 2 N–H and O–H groups in total. The van der Waals surface area contributed by atoms with Crippen molar-refractivity contribution in [2.45, 2.75) is 19.4 Å². The number of aromatic amines is 1. The fourth-order valence-corrected chi connectivity index (χ4v) is 0.628. The summed E-state index contributed by atoms with van der Waals surface area (Å²) in [5, 5.41) is 9.23. The van der Waals surface area contributed by atoms with Gasteiger partial charge in [-0.15, -0.1) is 0 Å². The molecule has 0 aliphatic rings. The van der Waals surface area contributed by atoms with E-state index in [-0.39, 0.29) is 0 Å². The molecule has 0 unspecified atom stereocenters. The Kier molecular flexibility index (Phi) is 2.02. The first-order valence-electron chi connectivity index (χ1n) is 3.47. The van der Waals surface area contributed by atoms with E-state index in [9.17, 15) is 5.11 Å². The molecule has 0 saturated heterocycles. The van der Waals surface area contributed by atoms with E-state index in [4.69, 9.17) is 0 Å². The number of H-pyrrole nitrogens is 1. The quantitative estimate of drug-likeness (QED) is 0.533. The minimum Gasteiger partial charge on any atom is -0.378 e. The Morgan fingerprint density at radius 1 is 1.55 bits per heavy atom. The highest BCUT2D eigenvalue weighted by atomic mass is 16.3. The van der Waals surface area contributed by atoms with Crippen LogP contribution < -0.4 is 0 Å². The van der Waals surface area contributed by atoms with Gasteiger partial charge in [-0.2, -0.15) is 0 Å². The van der Waals surface area contributed by atoms with Crippen LogP contribution in [0.1, 0.15) is 19.5 Å². The van der Waals surface area contributed by atoms with Crippen LogP contribution in [0.25, 0.3) is 0 Å². The van der Waals surface area contributed by atoms with Gasteiger partial charge in [0.05, 0.1) is 5.69 Å². The highest BCUT2D eigenvalue weighted by Gasteiger charge is 2.05. The number of nitrogens with one attached hydrogen (secondary N) is 1. The second-order valence-corrected chi connectivity index (χ2v) is 2.89. The fourth-order valence-electron chi connectivity index (χ4n) is 0.628. The normalized spacial score (nSPS) is 10.5. The molecule has 0 saturated carbocycles. The molecule has 0 aromatic carbocycles. The molecule has 1 aromatic heterocycles. The minimum atomic E-state index is -0.912. The third kappa shape index (κ3) is 2.92. The molecular weight excluding hydrogens is 138 g/mol. The lowest BCUT2D eigenvalue weighted by Gasteiger charge is -2.05. The maximum Gasteiger partial charge on any atom is 0.120 e. The molecule has 0 spiro atoms. The highest BCUT2D eigenvalue weighted by molar-refractivity contribution is 5.29. The molecule has 0 amide bonds. The van der Waals surface area contributed by atoms with Crippen LogP contribution in [0, 0.1) is 11.8 Å².